The van der Waals surface area contributed by atoms with Crippen molar-refractivity contribution in [1.29, 1.82) is 5.41 Å². The van der Waals surface area contributed by atoms with Gasteiger partial charge in [0.05, 0.1) is 0 Å². The van der Waals surface area contributed by atoms with Crippen molar-refractivity contribution < 1.29 is 0 Å². The summed E-state index contributed by atoms with van der Waals surface area (Å²) in [7, 11) is 0. The first-order valence-electron chi connectivity index (χ1n) is 12.2. The minimum absolute atomic E-state index is 0.474. The SMILES string of the molecule is C=C(/C=C\C=N)N(CCCC1CCCCN1Cc1ccccc1)C1Cc2ccccc2C1. The van der Waals surface area contributed by atoms with Crippen LogP contribution >= 0.6 is 0 Å². The number of nitrogens with one attached hydrogen (secondary N) is 1. The van der Waals surface area contributed by atoms with E-state index in [-0.39, 0.29) is 0 Å². The maximum absolute atomic E-state index is 7.36. The zero-order chi connectivity index (χ0) is 22.2. The van der Waals surface area contributed by atoms with Gasteiger partial charge in [-0.1, -0.05) is 67.6 Å². The summed E-state index contributed by atoms with van der Waals surface area (Å²) in [6, 6.07) is 20.9. The molecule has 3 nitrogen and oxygen atoms in total. The Bertz CT molecular complexity index is 892. The molecule has 1 N–H and O–H groups in total. The summed E-state index contributed by atoms with van der Waals surface area (Å²) in [4.78, 5) is 5.21. The maximum atomic E-state index is 7.36. The highest BCUT2D eigenvalue weighted by atomic mass is 15.2. The Kier molecular flexibility index (Phi) is 7.95. The lowest BCUT2D eigenvalue weighted by atomic mass is 9.96. The molecule has 1 aliphatic carbocycles. The van der Waals surface area contributed by atoms with Crippen LogP contribution in [0.5, 0.6) is 0 Å². The molecule has 0 aromatic heterocycles. The van der Waals surface area contributed by atoms with Crippen molar-refractivity contribution in [3.63, 3.8) is 0 Å². The van der Waals surface area contributed by atoms with Gasteiger partial charge in [-0.3, -0.25) is 4.90 Å². The Balaban J connectivity index is 1.37. The van der Waals surface area contributed by atoms with Gasteiger partial charge < -0.3 is 10.3 Å². The maximum Gasteiger partial charge on any atom is 0.0370 e. The lowest BCUT2D eigenvalue weighted by molar-refractivity contribution is 0.126. The van der Waals surface area contributed by atoms with Crippen LogP contribution in [0.1, 0.15) is 48.8 Å². The Labute approximate surface area is 194 Å². The fourth-order valence-corrected chi connectivity index (χ4v) is 5.48. The summed E-state index contributed by atoms with van der Waals surface area (Å²) in [6.07, 6.45) is 13.7. The average Bonchev–Trinajstić information content (AvgIpc) is 3.26. The van der Waals surface area contributed by atoms with Crippen LogP contribution in [0.3, 0.4) is 0 Å². The predicted molar refractivity (Wildman–Crippen MR) is 135 cm³/mol. The number of piperidine rings is 1. The fraction of sp³-hybridized carbons (Fsp3) is 0.414. The highest BCUT2D eigenvalue weighted by molar-refractivity contribution is 5.68. The van der Waals surface area contributed by atoms with E-state index in [2.05, 4.69) is 71.0 Å². The second kappa shape index (κ2) is 11.3. The smallest absolute Gasteiger partial charge is 0.0370 e. The predicted octanol–water partition coefficient (Wildman–Crippen LogP) is 6.01. The van der Waals surface area contributed by atoms with Gasteiger partial charge >= 0.3 is 0 Å². The summed E-state index contributed by atoms with van der Waals surface area (Å²) in [5.41, 5.74) is 5.42. The molecule has 0 bridgehead atoms. The minimum atomic E-state index is 0.474. The normalized spacial score (nSPS) is 19.2. The van der Waals surface area contributed by atoms with Crippen molar-refractivity contribution in [2.75, 3.05) is 13.1 Å². The van der Waals surface area contributed by atoms with Crippen LogP contribution in [0.4, 0.5) is 0 Å². The van der Waals surface area contributed by atoms with Gasteiger partial charge in [0.25, 0.3) is 0 Å². The molecule has 2 aliphatic rings. The van der Waals surface area contributed by atoms with Gasteiger partial charge in [0.2, 0.25) is 0 Å². The van der Waals surface area contributed by atoms with Crippen molar-refractivity contribution in [1.82, 2.24) is 9.80 Å². The number of rotatable bonds is 10. The van der Waals surface area contributed by atoms with Gasteiger partial charge in [0.1, 0.15) is 0 Å². The number of benzene rings is 2. The van der Waals surface area contributed by atoms with Crippen LogP contribution in [0.2, 0.25) is 0 Å². The van der Waals surface area contributed by atoms with Crippen LogP contribution in [0.25, 0.3) is 0 Å². The standard InChI is InChI=1S/C29H37N3/c1-24(11-9-18-30)32(29-21-26-14-5-6-15-27(26)22-29)20-10-17-28-16-7-8-19-31(28)23-25-12-3-2-4-13-25/h2-6,9,11-15,18,28-30H,1,7-8,10,16-17,19-23H2/b11-9-,30-18?. The molecule has 4 rings (SSSR count). The fourth-order valence-electron chi connectivity index (χ4n) is 5.48. The third-order valence-corrected chi connectivity index (χ3v) is 7.14. The lowest BCUT2D eigenvalue weighted by Crippen LogP contribution is -2.40. The largest absolute Gasteiger partial charge is 0.368 e. The molecule has 1 heterocycles. The van der Waals surface area contributed by atoms with Gasteiger partial charge in [0.15, 0.2) is 0 Å². The first kappa shape index (κ1) is 22.5. The zero-order valence-electron chi connectivity index (χ0n) is 19.3. The lowest BCUT2D eigenvalue weighted by Gasteiger charge is -2.37. The van der Waals surface area contributed by atoms with Gasteiger partial charge in [-0.2, -0.15) is 0 Å². The molecule has 0 radical (unpaired) electrons. The summed E-state index contributed by atoms with van der Waals surface area (Å²) >= 11 is 0. The first-order chi connectivity index (χ1) is 15.7. The quantitative estimate of drug-likeness (QED) is 0.372. The number of fused-ring (bicyclic) bond motifs is 1. The molecule has 2 aromatic rings. The molecule has 168 valence electrons. The summed E-state index contributed by atoms with van der Waals surface area (Å²) in [5, 5.41) is 7.36. The van der Waals surface area contributed by atoms with E-state index >= 15 is 0 Å². The number of hydrogen-bond acceptors (Lipinski definition) is 3. The second-order valence-electron chi connectivity index (χ2n) is 9.29. The molecule has 2 aromatic carbocycles. The average molecular weight is 428 g/mol. The molecule has 0 amide bonds. The van der Waals surface area contributed by atoms with Gasteiger partial charge in [-0.25, -0.2) is 0 Å². The van der Waals surface area contributed by atoms with Gasteiger partial charge in [-0.15, -0.1) is 0 Å². The second-order valence-corrected chi connectivity index (χ2v) is 9.29. The first-order valence-corrected chi connectivity index (χ1v) is 12.2. The monoisotopic (exact) mass is 427 g/mol. The van der Waals surface area contributed by atoms with E-state index in [0.29, 0.717) is 12.1 Å². The molecule has 32 heavy (non-hydrogen) atoms. The third kappa shape index (κ3) is 5.77. The van der Waals surface area contributed by atoms with E-state index in [1.54, 1.807) is 6.08 Å². The van der Waals surface area contributed by atoms with Crippen LogP contribution in [-0.4, -0.2) is 41.2 Å². The van der Waals surface area contributed by atoms with Crippen molar-refractivity contribution in [3.8, 4) is 0 Å². The number of allylic oxidation sites excluding steroid dienone is 2. The van der Waals surface area contributed by atoms with Gasteiger partial charge in [-0.05, 0) is 73.9 Å². The molecule has 1 atom stereocenters. The Morgan fingerprint density at radius 1 is 1.03 bits per heavy atom. The van der Waals surface area contributed by atoms with Crippen molar-refractivity contribution in [2.45, 2.75) is 63.6 Å². The molecular weight excluding hydrogens is 390 g/mol. The molecule has 0 saturated carbocycles. The highest BCUT2D eigenvalue weighted by Gasteiger charge is 2.27. The van der Waals surface area contributed by atoms with Crippen LogP contribution in [0, 0.1) is 5.41 Å². The summed E-state index contributed by atoms with van der Waals surface area (Å²) < 4.78 is 0. The molecule has 1 aliphatic heterocycles. The van der Waals surface area contributed by atoms with E-state index < -0.39 is 0 Å². The Hall–Kier alpha value is -2.65. The van der Waals surface area contributed by atoms with E-state index in [1.807, 2.05) is 6.08 Å². The van der Waals surface area contributed by atoms with E-state index in [4.69, 9.17) is 5.41 Å². The summed E-state index contributed by atoms with van der Waals surface area (Å²) in [5.74, 6) is 0. The topological polar surface area (TPSA) is 30.3 Å². The zero-order valence-corrected chi connectivity index (χ0v) is 19.3. The molecular formula is C29H37N3. The molecule has 3 heteroatoms. The third-order valence-electron chi connectivity index (χ3n) is 7.14. The van der Waals surface area contributed by atoms with Crippen LogP contribution in [-0.2, 0) is 19.4 Å². The van der Waals surface area contributed by atoms with E-state index in [1.165, 1.54) is 61.6 Å². The van der Waals surface area contributed by atoms with Crippen LogP contribution in [0.15, 0.2) is 79.0 Å². The number of nitrogens with zero attached hydrogens (tertiary/aromatic N) is 2. The molecule has 1 fully saturated rings. The van der Waals surface area contributed by atoms with Crippen molar-refractivity contribution in [3.05, 3.63) is 95.7 Å². The van der Waals surface area contributed by atoms with Crippen molar-refractivity contribution in [2.24, 2.45) is 0 Å². The van der Waals surface area contributed by atoms with E-state index in [9.17, 15) is 0 Å². The van der Waals surface area contributed by atoms with Crippen molar-refractivity contribution >= 4 is 6.21 Å². The molecule has 1 saturated heterocycles. The Morgan fingerprint density at radius 2 is 1.75 bits per heavy atom. The summed E-state index contributed by atoms with van der Waals surface area (Å²) in [6.45, 7) is 7.69. The molecule has 0 spiro atoms. The van der Waals surface area contributed by atoms with Crippen LogP contribution < -0.4 is 0 Å². The number of likely N-dealkylation sites (tertiary alicyclic amines) is 1. The highest BCUT2D eigenvalue weighted by Crippen LogP contribution is 2.29. The number of hydrogen-bond donors (Lipinski definition) is 1. The molecule has 1 unspecified atom stereocenters. The Morgan fingerprint density at radius 3 is 2.47 bits per heavy atom. The minimum Gasteiger partial charge on any atom is -0.368 e. The van der Waals surface area contributed by atoms with Gasteiger partial charge in [0, 0.05) is 37.1 Å². The van der Waals surface area contributed by atoms with E-state index in [0.717, 1.165) is 31.6 Å².